The lowest BCUT2D eigenvalue weighted by Crippen LogP contribution is -2.50. The van der Waals surface area contributed by atoms with Crippen molar-refractivity contribution in [2.75, 3.05) is 0 Å². The van der Waals surface area contributed by atoms with Gasteiger partial charge in [-0.15, -0.1) is 10.2 Å². The summed E-state index contributed by atoms with van der Waals surface area (Å²) in [6.07, 6.45) is 5.68. The maximum Gasteiger partial charge on any atom is 0.240 e. The number of hydrogen-bond acceptors (Lipinski definition) is 5. The lowest BCUT2D eigenvalue weighted by Gasteiger charge is -2.23. The highest BCUT2D eigenvalue weighted by molar-refractivity contribution is 6.30. The number of rotatable bonds is 5. The normalized spacial score (nSPS) is 12.5. The third-order valence-electron chi connectivity index (χ3n) is 3.76. The van der Waals surface area contributed by atoms with Gasteiger partial charge in [-0.25, -0.2) is 0 Å². The van der Waals surface area contributed by atoms with Crippen LogP contribution in [0.3, 0.4) is 0 Å². The van der Waals surface area contributed by atoms with Crippen LogP contribution in [-0.4, -0.2) is 31.0 Å². The molecule has 1 amide bonds. The number of nitrogens with one attached hydrogen (secondary N) is 1. The van der Waals surface area contributed by atoms with E-state index in [4.69, 9.17) is 17.3 Å². The van der Waals surface area contributed by atoms with Gasteiger partial charge in [-0.2, -0.15) is 0 Å². The van der Waals surface area contributed by atoms with Crippen molar-refractivity contribution in [1.82, 2.24) is 24.9 Å². The molecule has 0 aliphatic rings. The minimum atomic E-state index is -1.01. The molecule has 3 rings (SSSR count). The Morgan fingerprint density at radius 1 is 1.35 bits per heavy atom. The van der Waals surface area contributed by atoms with E-state index in [2.05, 4.69) is 20.5 Å². The van der Waals surface area contributed by atoms with Crippen LogP contribution in [0.1, 0.15) is 38.7 Å². The summed E-state index contributed by atoms with van der Waals surface area (Å²) >= 11 is 6.10. The van der Waals surface area contributed by atoms with E-state index in [1.165, 1.54) is 0 Å². The Bertz CT molecular complexity index is 888. The third-order valence-corrected chi connectivity index (χ3v) is 3.98. The first kappa shape index (κ1) is 19.8. The Kier molecular flexibility index (Phi) is 5.94. The lowest BCUT2D eigenvalue weighted by atomic mass is 10.0. The molecular formula is C18H23ClN6O. The quantitative estimate of drug-likeness (QED) is 0.715. The SMILES string of the molecule is C.CC(C)(N)C(=O)N[C@H](Cc1cccnc1)c1nnc2ccc(Cl)cn12. The Hall–Kier alpha value is -2.51. The van der Waals surface area contributed by atoms with Gasteiger partial charge in [0.2, 0.25) is 5.91 Å². The predicted molar refractivity (Wildman–Crippen MR) is 102 cm³/mol. The molecule has 0 saturated heterocycles. The average Bonchev–Trinajstić information content (AvgIpc) is 2.97. The van der Waals surface area contributed by atoms with Gasteiger partial charge in [0, 0.05) is 25.0 Å². The molecule has 0 radical (unpaired) electrons. The number of fused-ring (bicyclic) bond motifs is 1. The molecule has 0 aromatic carbocycles. The maximum absolute atomic E-state index is 12.4. The summed E-state index contributed by atoms with van der Waals surface area (Å²) in [5.74, 6) is 0.305. The Morgan fingerprint density at radius 2 is 2.12 bits per heavy atom. The minimum Gasteiger partial charge on any atom is -0.344 e. The lowest BCUT2D eigenvalue weighted by molar-refractivity contribution is -0.126. The number of hydrogen-bond donors (Lipinski definition) is 2. The first-order chi connectivity index (χ1) is 11.8. The largest absolute Gasteiger partial charge is 0.344 e. The van der Waals surface area contributed by atoms with Gasteiger partial charge in [0.1, 0.15) is 0 Å². The molecule has 0 spiro atoms. The van der Waals surface area contributed by atoms with Crippen molar-refractivity contribution in [2.45, 2.75) is 39.3 Å². The fraction of sp³-hybridized carbons (Fsp3) is 0.333. The van der Waals surface area contributed by atoms with E-state index < -0.39 is 11.6 Å². The standard InChI is InChI=1S/C17H19ClN6O.CH4/c1-17(2,19)16(25)21-13(8-11-4-3-7-20-9-11)15-23-22-14-6-5-12(18)10-24(14)15;/h3-7,9-10,13H,8,19H2,1-2H3,(H,21,25);1H4/t13-;/m1./s1. The minimum absolute atomic E-state index is 0. The van der Waals surface area contributed by atoms with Gasteiger partial charge < -0.3 is 11.1 Å². The van der Waals surface area contributed by atoms with Crippen LogP contribution >= 0.6 is 11.6 Å². The number of amides is 1. The summed E-state index contributed by atoms with van der Waals surface area (Å²) in [4.78, 5) is 16.6. The molecular weight excluding hydrogens is 352 g/mol. The van der Waals surface area contributed by atoms with E-state index in [0.29, 0.717) is 22.9 Å². The van der Waals surface area contributed by atoms with Crippen molar-refractivity contribution in [2.24, 2.45) is 5.73 Å². The molecule has 7 nitrogen and oxygen atoms in total. The fourth-order valence-corrected chi connectivity index (χ4v) is 2.59. The molecule has 3 N–H and O–H groups in total. The highest BCUT2D eigenvalue weighted by atomic mass is 35.5. The summed E-state index contributed by atoms with van der Waals surface area (Å²) < 4.78 is 1.77. The molecule has 3 aromatic rings. The zero-order valence-electron chi connectivity index (χ0n) is 14.0. The van der Waals surface area contributed by atoms with Crippen LogP contribution in [0.2, 0.25) is 5.02 Å². The molecule has 8 heteroatoms. The number of aromatic nitrogens is 4. The average molecular weight is 375 g/mol. The van der Waals surface area contributed by atoms with Gasteiger partial charge in [-0.1, -0.05) is 25.1 Å². The molecule has 3 heterocycles. The van der Waals surface area contributed by atoms with Crippen molar-refractivity contribution in [3.8, 4) is 0 Å². The maximum atomic E-state index is 12.4. The van der Waals surface area contributed by atoms with Crippen LogP contribution in [0, 0.1) is 0 Å². The first-order valence-electron chi connectivity index (χ1n) is 7.83. The van der Waals surface area contributed by atoms with Crippen LogP contribution in [0.25, 0.3) is 5.65 Å². The number of nitrogens with two attached hydrogens (primary N) is 1. The summed E-state index contributed by atoms with van der Waals surface area (Å²) in [6, 6.07) is 6.88. The monoisotopic (exact) mass is 374 g/mol. The molecule has 26 heavy (non-hydrogen) atoms. The summed E-state index contributed by atoms with van der Waals surface area (Å²) in [7, 11) is 0. The topological polar surface area (TPSA) is 98.2 Å². The van der Waals surface area contributed by atoms with Gasteiger partial charge in [0.15, 0.2) is 11.5 Å². The van der Waals surface area contributed by atoms with Gasteiger partial charge in [-0.3, -0.25) is 14.2 Å². The summed E-state index contributed by atoms with van der Waals surface area (Å²) in [6.45, 7) is 3.31. The Balaban J connectivity index is 0.00000243. The molecule has 0 fully saturated rings. The molecule has 0 aliphatic heterocycles. The van der Waals surface area contributed by atoms with Gasteiger partial charge in [-0.05, 0) is 37.6 Å². The number of carbonyl (C=O) groups is 1. The van der Waals surface area contributed by atoms with Crippen LogP contribution < -0.4 is 11.1 Å². The smallest absolute Gasteiger partial charge is 0.240 e. The molecule has 3 aromatic heterocycles. The second kappa shape index (κ2) is 7.80. The molecule has 0 bridgehead atoms. The van der Waals surface area contributed by atoms with Crippen LogP contribution in [0.15, 0.2) is 42.9 Å². The van der Waals surface area contributed by atoms with E-state index in [1.54, 1.807) is 49.0 Å². The number of halogens is 1. The van der Waals surface area contributed by atoms with Crippen molar-refractivity contribution in [3.63, 3.8) is 0 Å². The number of nitrogens with zero attached hydrogens (tertiary/aromatic N) is 4. The van der Waals surface area contributed by atoms with Crippen molar-refractivity contribution in [3.05, 3.63) is 59.3 Å². The summed E-state index contributed by atoms with van der Waals surface area (Å²) in [5.41, 5.74) is 6.52. The van der Waals surface area contributed by atoms with Crippen LogP contribution in [-0.2, 0) is 11.2 Å². The van der Waals surface area contributed by atoms with Gasteiger partial charge >= 0.3 is 0 Å². The van der Waals surface area contributed by atoms with Crippen molar-refractivity contribution in [1.29, 1.82) is 0 Å². The van der Waals surface area contributed by atoms with Gasteiger partial charge in [0.05, 0.1) is 16.6 Å². The van der Waals surface area contributed by atoms with Gasteiger partial charge in [0.25, 0.3) is 0 Å². The zero-order chi connectivity index (χ0) is 18.0. The molecule has 138 valence electrons. The van der Waals surface area contributed by atoms with E-state index in [-0.39, 0.29) is 13.3 Å². The molecule has 1 atom stereocenters. The molecule has 0 unspecified atom stereocenters. The second-order valence-electron chi connectivity index (χ2n) is 6.45. The van der Waals surface area contributed by atoms with Crippen LogP contribution in [0.5, 0.6) is 0 Å². The molecule has 0 aliphatic carbocycles. The Morgan fingerprint density at radius 3 is 2.77 bits per heavy atom. The van der Waals surface area contributed by atoms with E-state index in [1.807, 2.05) is 12.1 Å². The fourth-order valence-electron chi connectivity index (χ4n) is 2.43. The molecule has 0 saturated carbocycles. The Labute approximate surface area is 157 Å². The van der Waals surface area contributed by atoms with E-state index in [9.17, 15) is 4.79 Å². The van der Waals surface area contributed by atoms with Crippen LogP contribution in [0.4, 0.5) is 0 Å². The third kappa shape index (κ3) is 4.36. The first-order valence-corrected chi connectivity index (χ1v) is 8.21. The highest BCUT2D eigenvalue weighted by Crippen LogP contribution is 2.20. The second-order valence-corrected chi connectivity index (χ2v) is 6.88. The van der Waals surface area contributed by atoms with Crippen molar-refractivity contribution >= 4 is 23.2 Å². The van der Waals surface area contributed by atoms with E-state index >= 15 is 0 Å². The van der Waals surface area contributed by atoms with E-state index in [0.717, 1.165) is 5.56 Å². The predicted octanol–water partition coefficient (Wildman–Crippen LogP) is 2.55. The summed E-state index contributed by atoms with van der Waals surface area (Å²) in [5, 5.41) is 11.9. The highest BCUT2D eigenvalue weighted by Gasteiger charge is 2.28. The number of pyridine rings is 2. The number of carbonyl (C=O) groups excluding carboxylic acids is 1. The van der Waals surface area contributed by atoms with Crippen molar-refractivity contribution < 1.29 is 4.79 Å². The zero-order valence-corrected chi connectivity index (χ0v) is 14.7.